The van der Waals surface area contributed by atoms with Crippen LogP contribution in [0.3, 0.4) is 0 Å². The van der Waals surface area contributed by atoms with Gasteiger partial charge in [0.15, 0.2) is 0 Å². The Morgan fingerprint density at radius 1 is 1.03 bits per heavy atom. The minimum atomic E-state index is -1.12. The van der Waals surface area contributed by atoms with Crippen molar-refractivity contribution in [3.63, 3.8) is 0 Å². The molecule has 8 nitrogen and oxygen atoms in total. The lowest BCUT2D eigenvalue weighted by atomic mass is 9.96. The van der Waals surface area contributed by atoms with Gasteiger partial charge in [0.2, 0.25) is 18.0 Å². The minimum absolute atomic E-state index is 0.0442. The summed E-state index contributed by atoms with van der Waals surface area (Å²) in [6, 6.07) is 15.1. The van der Waals surface area contributed by atoms with Gasteiger partial charge in [-0.1, -0.05) is 49.4 Å². The number of nitrogens with zero attached hydrogens (tertiary/aromatic N) is 2. The molecule has 2 heterocycles. The molecule has 0 radical (unpaired) electrons. The predicted octanol–water partition coefficient (Wildman–Crippen LogP) is 1.49. The molecule has 166 valence electrons. The van der Waals surface area contributed by atoms with Gasteiger partial charge in [0.25, 0.3) is 5.91 Å². The van der Waals surface area contributed by atoms with E-state index >= 15 is 0 Å². The highest BCUT2D eigenvalue weighted by atomic mass is 16.5. The quantitative estimate of drug-likeness (QED) is 0.548. The average molecular weight is 435 g/mol. The Morgan fingerprint density at radius 2 is 1.72 bits per heavy atom. The second-order valence-electron chi connectivity index (χ2n) is 7.95. The first-order valence-electron chi connectivity index (χ1n) is 10.6. The maximum absolute atomic E-state index is 12.8. The van der Waals surface area contributed by atoms with Crippen molar-refractivity contribution in [1.82, 2.24) is 15.1 Å². The molecule has 1 N–H and O–H groups in total. The molecule has 2 saturated heterocycles. The van der Waals surface area contributed by atoms with E-state index in [2.05, 4.69) is 5.32 Å². The maximum Gasteiger partial charge on any atom is 0.350 e. The third kappa shape index (κ3) is 3.95. The van der Waals surface area contributed by atoms with Crippen LogP contribution in [-0.4, -0.2) is 58.3 Å². The molecule has 0 aliphatic carbocycles. The third-order valence-corrected chi connectivity index (χ3v) is 5.96. The summed E-state index contributed by atoms with van der Waals surface area (Å²) < 4.78 is 5.39. The van der Waals surface area contributed by atoms with E-state index in [1.165, 1.54) is 16.7 Å². The fourth-order valence-corrected chi connectivity index (χ4v) is 4.13. The number of aryl methyl sites for hydroxylation is 1. The van der Waals surface area contributed by atoms with Crippen LogP contribution >= 0.6 is 0 Å². The van der Waals surface area contributed by atoms with Crippen molar-refractivity contribution < 1.29 is 23.9 Å². The van der Waals surface area contributed by atoms with Crippen molar-refractivity contribution in [2.24, 2.45) is 0 Å². The van der Waals surface area contributed by atoms with Gasteiger partial charge in [-0.05, 0) is 29.7 Å². The van der Waals surface area contributed by atoms with Gasteiger partial charge in [0, 0.05) is 19.0 Å². The summed E-state index contributed by atoms with van der Waals surface area (Å²) >= 11 is 0. The first-order valence-corrected chi connectivity index (χ1v) is 10.6. The number of rotatable bonds is 6. The summed E-state index contributed by atoms with van der Waals surface area (Å²) in [4.78, 5) is 53.0. The lowest BCUT2D eigenvalue weighted by Gasteiger charge is -2.43. The van der Waals surface area contributed by atoms with Gasteiger partial charge in [-0.15, -0.1) is 0 Å². The van der Waals surface area contributed by atoms with Gasteiger partial charge in [-0.25, -0.2) is 4.79 Å². The van der Waals surface area contributed by atoms with E-state index in [4.69, 9.17) is 4.74 Å². The zero-order valence-corrected chi connectivity index (χ0v) is 18.0. The van der Waals surface area contributed by atoms with E-state index < -0.39 is 30.1 Å². The van der Waals surface area contributed by atoms with Crippen LogP contribution in [0.25, 0.3) is 0 Å². The molecule has 2 unspecified atom stereocenters. The number of nitrogens with one attached hydrogen (secondary N) is 1. The van der Waals surface area contributed by atoms with Crippen molar-refractivity contribution in [3.8, 4) is 0 Å². The molecule has 32 heavy (non-hydrogen) atoms. The second kappa shape index (κ2) is 8.82. The highest BCUT2D eigenvalue weighted by Gasteiger charge is 2.60. The molecular formula is C24H25N3O5. The summed E-state index contributed by atoms with van der Waals surface area (Å²) in [6.07, 6.45) is -0.256. The topological polar surface area (TPSA) is 96.0 Å². The Kier molecular flexibility index (Phi) is 5.94. The van der Waals surface area contributed by atoms with Gasteiger partial charge in [0.1, 0.15) is 12.6 Å². The second-order valence-corrected chi connectivity index (χ2v) is 7.95. The molecule has 0 aromatic heterocycles. The highest BCUT2D eigenvalue weighted by Crippen LogP contribution is 2.33. The number of benzene rings is 2. The van der Waals surface area contributed by atoms with Crippen molar-refractivity contribution in [2.45, 2.75) is 45.1 Å². The number of β-lactam (4-membered cyclic amide) rings is 1. The molecule has 0 bridgehead atoms. The largest absolute Gasteiger partial charge is 0.458 e. The van der Waals surface area contributed by atoms with E-state index in [9.17, 15) is 19.2 Å². The van der Waals surface area contributed by atoms with Crippen molar-refractivity contribution >= 4 is 23.7 Å². The van der Waals surface area contributed by atoms with Crippen LogP contribution in [-0.2, 0) is 32.1 Å². The molecule has 2 aliphatic rings. The Morgan fingerprint density at radius 3 is 2.34 bits per heavy atom. The molecule has 2 aromatic rings. The molecular weight excluding hydrogens is 410 g/mol. The molecule has 0 saturated carbocycles. The zero-order chi connectivity index (χ0) is 22.8. The van der Waals surface area contributed by atoms with Gasteiger partial charge in [0.05, 0.1) is 6.04 Å². The fraction of sp³-hybridized carbons (Fsp3) is 0.333. The SMILES string of the molecule is CCc1ccc(C(=O)N[C@@H]2C(=O)N3C2CN(C(C)=O)C3C(=O)OCc2ccccc2)cc1. The Hall–Kier alpha value is -3.68. The number of carbonyl (C=O) groups is 4. The van der Waals surface area contributed by atoms with E-state index in [-0.39, 0.29) is 25.0 Å². The van der Waals surface area contributed by atoms with Crippen molar-refractivity contribution in [1.29, 1.82) is 0 Å². The van der Waals surface area contributed by atoms with E-state index in [0.29, 0.717) is 5.56 Å². The normalized spacial score (nSPS) is 21.6. The van der Waals surface area contributed by atoms with E-state index in [1.54, 1.807) is 12.1 Å². The lowest BCUT2D eigenvalue weighted by molar-refractivity contribution is -0.169. The number of esters is 1. The number of hydrogen-bond acceptors (Lipinski definition) is 5. The molecule has 2 fully saturated rings. The van der Waals surface area contributed by atoms with Crippen LogP contribution < -0.4 is 5.32 Å². The fourth-order valence-electron chi connectivity index (χ4n) is 4.13. The van der Waals surface area contributed by atoms with Crippen LogP contribution in [0, 0.1) is 0 Å². The predicted molar refractivity (Wildman–Crippen MR) is 115 cm³/mol. The Labute approximate surface area is 186 Å². The third-order valence-electron chi connectivity index (χ3n) is 5.96. The molecule has 4 rings (SSSR count). The van der Waals surface area contributed by atoms with E-state index in [1.807, 2.05) is 49.4 Å². The zero-order valence-electron chi connectivity index (χ0n) is 18.0. The summed E-state index contributed by atoms with van der Waals surface area (Å²) in [6.45, 7) is 3.57. The summed E-state index contributed by atoms with van der Waals surface area (Å²) in [5, 5.41) is 2.75. The number of hydrogen-bond donors (Lipinski definition) is 1. The highest BCUT2D eigenvalue weighted by molar-refractivity contribution is 6.02. The molecule has 0 spiro atoms. The Balaban J connectivity index is 1.44. The van der Waals surface area contributed by atoms with Crippen LogP contribution in [0.15, 0.2) is 54.6 Å². The summed E-state index contributed by atoms with van der Waals surface area (Å²) in [7, 11) is 0. The number of carbonyl (C=O) groups excluding carboxylic acids is 4. The molecule has 3 atom stereocenters. The van der Waals surface area contributed by atoms with Gasteiger partial charge >= 0.3 is 5.97 Å². The van der Waals surface area contributed by atoms with E-state index in [0.717, 1.165) is 17.5 Å². The maximum atomic E-state index is 12.8. The van der Waals surface area contributed by atoms with Crippen molar-refractivity contribution in [2.75, 3.05) is 6.54 Å². The molecule has 8 heteroatoms. The standard InChI is InChI=1S/C24H25N3O5/c1-3-16-9-11-18(12-10-16)21(29)25-20-19-13-26(15(2)28)22(27(19)23(20)30)24(31)32-14-17-7-5-4-6-8-17/h4-12,19-20,22H,3,13-14H2,1-2H3,(H,25,29)/t19?,20-,22?/m0/s1. The summed E-state index contributed by atoms with van der Waals surface area (Å²) in [5.41, 5.74) is 2.37. The minimum Gasteiger partial charge on any atom is -0.458 e. The monoisotopic (exact) mass is 435 g/mol. The van der Waals surface area contributed by atoms with Crippen LogP contribution in [0.5, 0.6) is 0 Å². The first kappa shape index (κ1) is 21.5. The lowest BCUT2D eigenvalue weighted by Crippen LogP contribution is -2.71. The number of fused-ring (bicyclic) bond motifs is 1. The first-order chi connectivity index (χ1) is 15.4. The van der Waals surface area contributed by atoms with Crippen LogP contribution in [0.2, 0.25) is 0 Å². The number of amides is 3. The van der Waals surface area contributed by atoms with Crippen molar-refractivity contribution in [3.05, 3.63) is 71.3 Å². The van der Waals surface area contributed by atoms with Crippen LogP contribution in [0.4, 0.5) is 0 Å². The van der Waals surface area contributed by atoms with Crippen LogP contribution in [0.1, 0.15) is 35.3 Å². The smallest absolute Gasteiger partial charge is 0.350 e. The average Bonchev–Trinajstić information content (AvgIpc) is 3.18. The molecule has 2 aromatic carbocycles. The van der Waals surface area contributed by atoms with Gasteiger partial charge in [-0.3, -0.25) is 14.4 Å². The number of ether oxygens (including phenoxy) is 1. The van der Waals surface area contributed by atoms with Gasteiger partial charge in [-0.2, -0.15) is 0 Å². The Bertz CT molecular complexity index is 1040. The molecule has 2 aliphatic heterocycles. The molecule has 3 amide bonds. The summed E-state index contributed by atoms with van der Waals surface area (Å²) in [5.74, 6) is -1.78. The van der Waals surface area contributed by atoms with Gasteiger partial charge < -0.3 is 19.9 Å².